The number of carbonyl (C=O) groups is 3. The van der Waals surface area contributed by atoms with E-state index in [1.165, 1.54) is 44.6 Å². The zero-order valence-corrected chi connectivity index (χ0v) is 22.8. The molecule has 0 spiro atoms. The van der Waals surface area contributed by atoms with E-state index in [0.29, 0.717) is 28.6 Å². The van der Waals surface area contributed by atoms with Gasteiger partial charge in [-0.15, -0.1) is 0 Å². The van der Waals surface area contributed by atoms with E-state index in [1.54, 1.807) is 0 Å². The Kier molecular flexibility index (Phi) is 7.28. The highest BCUT2D eigenvalue weighted by Crippen LogP contribution is 2.53. The molecule has 6 N–H and O–H groups in total. The summed E-state index contributed by atoms with van der Waals surface area (Å²) in [5.41, 5.74) is 2.90. The number of nitrogens with zero attached hydrogens (tertiary/aromatic N) is 1. The Balaban J connectivity index is 1.49. The number of ketones is 2. The maximum absolute atomic E-state index is 13.6. The number of benzene rings is 1. The number of Topliss-reactive ketones (excluding diaryl/α,β-unsaturated/α-hetero) is 2. The van der Waals surface area contributed by atoms with Gasteiger partial charge in [-0.25, -0.2) is 0 Å². The number of nitrogens with two attached hydrogens (primary N) is 1. The topological polar surface area (TPSA) is 161 Å². The third-order valence-electron chi connectivity index (χ3n) is 9.06. The van der Waals surface area contributed by atoms with Gasteiger partial charge in [-0.1, -0.05) is 37.3 Å². The van der Waals surface area contributed by atoms with Gasteiger partial charge in [-0.3, -0.25) is 14.4 Å². The molecule has 2 saturated carbocycles. The van der Waals surface area contributed by atoms with Gasteiger partial charge in [0.25, 0.3) is 5.91 Å². The lowest BCUT2D eigenvalue weighted by Crippen LogP contribution is -2.58. The van der Waals surface area contributed by atoms with Gasteiger partial charge in [0.05, 0.1) is 5.56 Å². The lowest BCUT2D eigenvalue weighted by Gasteiger charge is -2.46. The van der Waals surface area contributed by atoms with Gasteiger partial charge in [0, 0.05) is 36.0 Å². The van der Waals surface area contributed by atoms with E-state index < -0.39 is 52.0 Å². The molecule has 210 valence electrons. The van der Waals surface area contributed by atoms with Crippen LogP contribution in [-0.4, -0.2) is 62.0 Å². The number of primary amides is 1. The molecular formula is C29H35ClN2O7. The lowest BCUT2D eigenvalue weighted by molar-refractivity contribution is -0.147. The summed E-state index contributed by atoms with van der Waals surface area (Å²) in [4.78, 5) is 40.1. The monoisotopic (exact) mass is 558 g/mol. The van der Waals surface area contributed by atoms with E-state index in [2.05, 4.69) is 4.90 Å². The third kappa shape index (κ3) is 4.54. The van der Waals surface area contributed by atoms with Crippen molar-refractivity contribution < 1.29 is 34.8 Å². The lowest BCUT2D eigenvalue weighted by atomic mass is 9.59. The molecule has 1 unspecified atom stereocenters. The molecule has 0 bridgehead atoms. The molecule has 0 aliphatic heterocycles. The molecule has 4 aliphatic carbocycles. The predicted octanol–water partition coefficient (Wildman–Crippen LogP) is 3.48. The van der Waals surface area contributed by atoms with Crippen molar-refractivity contribution in [3.8, 4) is 5.75 Å². The van der Waals surface area contributed by atoms with E-state index in [0.717, 1.165) is 6.54 Å². The van der Waals surface area contributed by atoms with Gasteiger partial charge in [-0.05, 0) is 61.8 Å². The number of rotatable bonds is 5. The van der Waals surface area contributed by atoms with Crippen molar-refractivity contribution in [2.45, 2.75) is 69.9 Å². The van der Waals surface area contributed by atoms with Gasteiger partial charge in [0.15, 0.2) is 11.4 Å². The molecular weight excluding hydrogens is 524 g/mol. The van der Waals surface area contributed by atoms with Crippen molar-refractivity contribution in [3.63, 3.8) is 0 Å². The van der Waals surface area contributed by atoms with Gasteiger partial charge < -0.3 is 31.1 Å². The molecule has 5 rings (SSSR count). The molecule has 1 aromatic carbocycles. The highest BCUT2D eigenvalue weighted by molar-refractivity contribution is 6.32. The fourth-order valence-electron chi connectivity index (χ4n) is 7.18. The smallest absolute Gasteiger partial charge is 0.255 e. The van der Waals surface area contributed by atoms with E-state index in [4.69, 9.17) is 17.3 Å². The normalized spacial score (nSPS) is 27.8. The summed E-state index contributed by atoms with van der Waals surface area (Å²) >= 11 is 6.85. The summed E-state index contributed by atoms with van der Waals surface area (Å²) < 4.78 is 0. The van der Waals surface area contributed by atoms with E-state index in [-0.39, 0.29) is 36.1 Å². The molecule has 2 fully saturated rings. The first-order chi connectivity index (χ1) is 18.4. The first kappa shape index (κ1) is 27.7. The van der Waals surface area contributed by atoms with Crippen LogP contribution in [0.1, 0.15) is 68.1 Å². The quantitative estimate of drug-likeness (QED) is 0.271. The minimum atomic E-state index is -2.57. The summed E-state index contributed by atoms with van der Waals surface area (Å²) in [7, 11) is 2.02. The van der Waals surface area contributed by atoms with Crippen LogP contribution in [0.25, 0.3) is 5.76 Å². The Bertz CT molecular complexity index is 1310. The van der Waals surface area contributed by atoms with Crippen LogP contribution in [0.15, 0.2) is 23.0 Å². The molecule has 0 saturated heterocycles. The minimum Gasteiger partial charge on any atom is -0.508 e. The molecule has 4 aliphatic rings. The van der Waals surface area contributed by atoms with Crippen molar-refractivity contribution in [2.24, 2.45) is 23.5 Å². The number of phenolic OH excluding ortho intramolecular Hbond substituents is 1. The third-order valence-corrected chi connectivity index (χ3v) is 9.53. The fraction of sp³-hybridized carbons (Fsp3) is 0.552. The van der Waals surface area contributed by atoms with Crippen LogP contribution in [0.4, 0.5) is 0 Å². The Labute approximate surface area is 231 Å². The van der Waals surface area contributed by atoms with Crippen molar-refractivity contribution in [2.75, 3.05) is 13.6 Å². The van der Waals surface area contributed by atoms with Crippen molar-refractivity contribution in [1.82, 2.24) is 4.90 Å². The van der Waals surface area contributed by atoms with Crippen molar-refractivity contribution in [3.05, 3.63) is 44.7 Å². The molecule has 1 aromatic rings. The highest BCUT2D eigenvalue weighted by Gasteiger charge is 2.60. The highest BCUT2D eigenvalue weighted by atomic mass is 35.5. The number of carbonyl (C=O) groups excluding carboxylic acids is 3. The number of hydrogen-bond donors (Lipinski definition) is 5. The molecule has 39 heavy (non-hydrogen) atoms. The molecule has 1 amide bonds. The van der Waals surface area contributed by atoms with Gasteiger partial charge in [0.2, 0.25) is 5.78 Å². The van der Waals surface area contributed by atoms with E-state index >= 15 is 0 Å². The second-order valence-electron chi connectivity index (χ2n) is 11.7. The summed E-state index contributed by atoms with van der Waals surface area (Å²) in [5.74, 6) is -5.86. The summed E-state index contributed by atoms with van der Waals surface area (Å²) in [6.07, 6.45) is 7.36. The predicted molar refractivity (Wildman–Crippen MR) is 144 cm³/mol. The minimum absolute atomic E-state index is 0.0160. The number of phenols is 1. The summed E-state index contributed by atoms with van der Waals surface area (Å²) in [6.45, 7) is 1.42. The number of halogens is 1. The van der Waals surface area contributed by atoms with E-state index in [9.17, 15) is 34.8 Å². The molecule has 0 aromatic heterocycles. The standard InChI is InChI=1S/C29H35ClN2O7/c1-32(12-14-6-4-2-3-5-7-14)13-16-10-19(33)22-18(24(16)30)9-15-8-17-11-20(34)23(28(31)38)27(37)29(17,39)26(36)21(15)25(22)35/h10,14-15,17,33,35,37,39H,2-9,11-13H2,1H3,(H2,31,38)/t15?,17-,29-/m0/s1. The number of hydrogen-bond acceptors (Lipinski definition) is 8. The van der Waals surface area contributed by atoms with Crippen LogP contribution in [-0.2, 0) is 27.3 Å². The molecule has 0 heterocycles. The number of aliphatic hydroxyl groups is 3. The first-order valence-electron chi connectivity index (χ1n) is 13.6. The number of fused-ring (bicyclic) bond motifs is 3. The number of aromatic hydroxyl groups is 1. The number of amides is 1. The van der Waals surface area contributed by atoms with Crippen LogP contribution in [0.2, 0.25) is 5.02 Å². The Morgan fingerprint density at radius 3 is 2.44 bits per heavy atom. The Hall–Kier alpha value is -2.88. The van der Waals surface area contributed by atoms with E-state index in [1.807, 2.05) is 7.05 Å². The maximum Gasteiger partial charge on any atom is 0.255 e. The average molecular weight is 559 g/mol. The maximum atomic E-state index is 13.6. The number of aliphatic hydroxyl groups excluding tert-OH is 2. The summed E-state index contributed by atoms with van der Waals surface area (Å²) in [6, 6.07) is 1.49. The average Bonchev–Trinajstić information content (AvgIpc) is 3.12. The van der Waals surface area contributed by atoms with Crippen LogP contribution < -0.4 is 5.73 Å². The van der Waals surface area contributed by atoms with Crippen LogP contribution in [0.5, 0.6) is 5.75 Å². The first-order valence-corrected chi connectivity index (χ1v) is 14.0. The zero-order valence-electron chi connectivity index (χ0n) is 22.0. The Morgan fingerprint density at radius 1 is 1.13 bits per heavy atom. The van der Waals surface area contributed by atoms with Crippen molar-refractivity contribution >= 4 is 34.8 Å². The second kappa shape index (κ2) is 10.3. The molecule has 3 atom stereocenters. The fourth-order valence-corrected chi connectivity index (χ4v) is 7.47. The van der Waals surface area contributed by atoms with Gasteiger partial charge in [-0.2, -0.15) is 0 Å². The largest absolute Gasteiger partial charge is 0.508 e. The van der Waals surface area contributed by atoms with Crippen LogP contribution in [0, 0.1) is 17.8 Å². The van der Waals surface area contributed by atoms with Crippen LogP contribution >= 0.6 is 11.6 Å². The molecule has 9 nitrogen and oxygen atoms in total. The molecule has 0 radical (unpaired) electrons. The second-order valence-corrected chi connectivity index (χ2v) is 12.1. The molecule has 10 heteroatoms. The SMILES string of the molecule is CN(Cc1cc(O)c2c(c1Cl)CC1C[C@H]3CC(=O)C(C(N)=O)=C(O)[C@@]3(O)C(=O)C1=C2O)CC1CCCCCC1. The zero-order chi connectivity index (χ0) is 28.2. The van der Waals surface area contributed by atoms with Gasteiger partial charge >= 0.3 is 0 Å². The summed E-state index contributed by atoms with van der Waals surface area (Å²) in [5, 5.41) is 44.6. The van der Waals surface area contributed by atoms with Crippen molar-refractivity contribution in [1.29, 1.82) is 0 Å². The van der Waals surface area contributed by atoms with Gasteiger partial charge in [0.1, 0.15) is 22.8 Å². The Morgan fingerprint density at radius 2 is 1.79 bits per heavy atom. The van der Waals surface area contributed by atoms with Crippen LogP contribution in [0.3, 0.4) is 0 Å².